The van der Waals surface area contributed by atoms with E-state index in [2.05, 4.69) is 234 Å². The Balaban J connectivity index is 0.000000214. The van der Waals surface area contributed by atoms with Crippen LogP contribution in [0.15, 0.2) is 182 Å². The third-order valence-corrected chi connectivity index (χ3v) is 24.7. The van der Waals surface area contributed by atoms with E-state index >= 15 is 0 Å². The summed E-state index contributed by atoms with van der Waals surface area (Å²) >= 11 is 0. The SMILES string of the molecule is Cc1cc(C)c2c(c1)Cc1c[c-]ccc1N2C(C)OC=O.Cc1cc(C)c2c(c1)N(C(C)OC=O)c1c[c-]ccc1C2.Cc1cc2c(cc1C)N(C(C)OC=O)c1cc[c-]cc1C2.Cc1ccc(C)c2c1Cc1c[c-]ccc1N2C(C)OC=O.Cc1ccc2c(c1C)Cc1cc[c-]cc1N2C(C)OC=O.Cc1ccc2c(c1C)N(C(C)OC=O)c1cc[c-]cc1C2.[Y].[Y].[Y].[Y].[Y].[Y]. The summed E-state index contributed by atoms with van der Waals surface area (Å²) in [5.41, 5.74) is 43.2. The van der Waals surface area contributed by atoms with E-state index in [1.807, 2.05) is 139 Å². The van der Waals surface area contributed by atoms with Gasteiger partial charge in [0.1, 0.15) is 0 Å². The third-order valence-electron chi connectivity index (χ3n) is 24.7. The number of benzene rings is 12. The first-order valence-electron chi connectivity index (χ1n) is 42.6. The third kappa shape index (κ3) is 24.7. The number of hydrogen-bond acceptors (Lipinski definition) is 18. The number of fused-ring (bicyclic) bond motifs is 12. The van der Waals surface area contributed by atoms with Crippen molar-refractivity contribution in [1.29, 1.82) is 0 Å². The quantitative estimate of drug-likeness (QED) is 0.0450. The zero-order valence-electron chi connectivity index (χ0n) is 78.5. The van der Waals surface area contributed by atoms with E-state index in [4.69, 9.17) is 28.4 Å². The maximum Gasteiger partial charge on any atom is 0.295 e. The van der Waals surface area contributed by atoms with Crippen LogP contribution in [-0.4, -0.2) is 76.2 Å². The van der Waals surface area contributed by atoms with Gasteiger partial charge in [-0.25, -0.2) is 0 Å². The van der Waals surface area contributed by atoms with Crippen molar-refractivity contribution < 1.29 is 253 Å². The second-order valence-corrected chi connectivity index (χ2v) is 32.9. The first-order valence-corrected chi connectivity index (χ1v) is 42.6. The summed E-state index contributed by atoms with van der Waals surface area (Å²) in [6.45, 7) is 39.8. The van der Waals surface area contributed by atoms with Gasteiger partial charge in [-0.1, -0.05) is 94.3 Å². The number of rotatable bonds is 18. The van der Waals surface area contributed by atoms with Crippen LogP contribution in [0.1, 0.15) is 175 Å². The van der Waals surface area contributed by atoms with Crippen molar-refractivity contribution in [3.8, 4) is 0 Å². The van der Waals surface area contributed by atoms with E-state index in [1.54, 1.807) is 0 Å². The maximum absolute atomic E-state index is 10.8. The van der Waals surface area contributed by atoms with Crippen molar-refractivity contribution in [2.45, 2.75) is 201 Å². The Bertz CT molecular complexity index is 5990. The predicted octanol–water partition coefficient (Wildman–Crippen LogP) is 22.0. The summed E-state index contributed by atoms with van der Waals surface area (Å²) in [4.78, 5) is 77.1. The first kappa shape index (κ1) is 112. The Morgan fingerprint density at radius 3 is 1.08 bits per heavy atom. The summed E-state index contributed by atoms with van der Waals surface area (Å²) < 4.78 is 31.3. The molecule has 0 amide bonds. The second kappa shape index (κ2) is 51.3. The van der Waals surface area contributed by atoms with Crippen LogP contribution in [0.2, 0.25) is 0 Å². The van der Waals surface area contributed by atoms with Crippen molar-refractivity contribution >= 4 is 107 Å². The summed E-state index contributed by atoms with van der Waals surface area (Å²) in [5.74, 6) is 0. The Hall–Kier alpha value is -7.12. The normalized spacial score (nSPS) is 13.5. The molecule has 0 aromatic heterocycles. The van der Waals surface area contributed by atoms with Crippen molar-refractivity contribution in [1.82, 2.24) is 0 Å². The van der Waals surface area contributed by atoms with Crippen LogP contribution < -0.4 is 29.4 Å². The summed E-state index contributed by atoms with van der Waals surface area (Å²) in [6, 6.07) is 80.4. The van der Waals surface area contributed by atoms with Crippen LogP contribution in [0.5, 0.6) is 0 Å². The van der Waals surface area contributed by atoms with Crippen molar-refractivity contribution in [3.05, 3.63) is 352 Å². The standard InChI is InChI=1S/6C18H18NO2.6Y/c1-12-8-16-10-15-6-4-5-7-17(15)19(14(3)21-11-20)18(16)9-13(12)2;1-12-8-13(2)16-10-15-6-4-5-7-17(15)19(18(16)9-12)14(3)21-11-20;1-12-8-13(2)18-16(9-12)10-15-6-4-5-7-17(15)19(18)14(3)21-11-20;1-12-8-9-18-16(13(12)2)10-15-6-4-5-7-17(15)19(18)14(3)21-11-20;1-12-8-9-16-10-15-6-4-5-7-17(15)19(14(3)21-11-20)18(16)13(12)2;1-12-8-9-13(2)18-16(12)10-15-6-4-5-7-17(15)19(18)14(3)21-11-20;;;;;;/h5-9,11,14H,10H2,1-3H3;4,6-9,11,14H,10H2,1-3H3;5-9,11,14H,10H2,1-3H3;4,6-9,11,14H,10H2,1-3H3;2*5-9,11,14H,10H2,1-3H3;;;;;;/q6*-1;;;;;;. The van der Waals surface area contributed by atoms with Crippen LogP contribution in [0.3, 0.4) is 0 Å². The molecule has 12 aromatic rings. The molecule has 0 saturated carbocycles. The monoisotopic (exact) mass is 2210 g/mol. The van der Waals surface area contributed by atoms with E-state index in [-0.39, 0.29) is 234 Å². The molecule has 132 heavy (non-hydrogen) atoms. The van der Waals surface area contributed by atoms with E-state index in [9.17, 15) is 28.8 Å². The number of carbonyl (C=O) groups is 6. The average molecular weight is 2220 g/mol. The zero-order chi connectivity index (χ0) is 89.9. The molecular formula is C108H108N6O12Y6-6. The zero-order valence-corrected chi connectivity index (χ0v) is 95.6. The van der Waals surface area contributed by atoms with Gasteiger partial charge in [-0.2, -0.15) is 121 Å². The molecule has 0 N–H and O–H groups in total. The fourth-order valence-electron chi connectivity index (χ4n) is 18.3. The average Bonchev–Trinajstić information content (AvgIpc) is 0.790. The molecule has 6 unspecified atom stereocenters. The minimum absolute atomic E-state index is 0. The van der Waals surface area contributed by atoms with Gasteiger partial charge in [-0.3, -0.25) is 28.8 Å². The van der Waals surface area contributed by atoms with Crippen LogP contribution in [0.4, 0.5) is 68.2 Å². The molecule has 12 aromatic carbocycles. The molecule has 24 heteroatoms. The summed E-state index contributed by atoms with van der Waals surface area (Å²) in [6.07, 6.45) is 3.26. The molecule has 0 fully saturated rings. The number of aryl methyl sites for hydroxylation is 10. The molecule has 18 nitrogen and oxygen atoms in total. The van der Waals surface area contributed by atoms with Gasteiger partial charge in [0.15, 0.2) is 37.4 Å². The van der Waals surface area contributed by atoms with Gasteiger partial charge in [0.2, 0.25) is 0 Å². The topological polar surface area (TPSA) is 177 Å². The molecule has 0 spiro atoms. The van der Waals surface area contributed by atoms with E-state index in [0.29, 0.717) is 38.8 Å². The molecule has 6 atom stereocenters. The minimum atomic E-state index is -0.350. The minimum Gasteiger partial charge on any atom is -0.445 e. The number of ether oxygens (including phenoxy) is 6. The molecule has 666 valence electrons. The van der Waals surface area contributed by atoms with Crippen LogP contribution >= 0.6 is 0 Å². The number of hydrogen-bond donors (Lipinski definition) is 0. The van der Waals surface area contributed by atoms with Gasteiger partial charge in [0.25, 0.3) is 38.8 Å². The molecule has 0 aliphatic carbocycles. The van der Waals surface area contributed by atoms with Gasteiger partial charge in [-0.15, -0.1) is 57.6 Å². The van der Waals surface area contributed by atoms with Crippen LogP contribution in [0.25, 0.3) is 0 Å². The molecule has 0 bridgehead atoms. The Labute approximate surface area is 930 Å². The molecule has 6 aliphatic heterocycles. The first-order chi connectivity index (χ1) is 60.7. The summed E-state index contributed by atoms with van der Waals surface area (Å²) in [5, 5.41) is 0. The molecule has 18 rings (SSSR count). The Kier molecular flexibility index (Phi) is 43.5. The molecule has 6 aliphatic rings. The summed E-state index contributed by atoms with van der Waals surface area (Å²) in [7, 11) is 0. The van der Waals surface area contributed by atoms with E-state index in [0.717, 1.165) is 107 Å². The molecular weight excluding hydrogens is 2110 g/mol. The number of anilines is 12. The predicted molar refractivity (Wildman–Crippen MR) is 497 cm³/mol. The fraction of sp³-hybridized carbons (Fsp3) is 0.278. The molecule has 6 radical (unpaired) electrons. The van der Waals surface area contributed by atoms with Crippen LogP contribution in [0, 0.1) is 119 Å². The maximum atomic E-state index is 10.8. The van der Waals surface area contributed by atoms with Crippen molar-refractivity contribution in [2.75, 3.05) is 29.4 Å². The van der Waals surface area contributed by atoms with Gasteiger partial charge < -0.3 is 57.8 Å². The molecule has 6 heterocycles. The second-order valence-electron chi connectivity index (χ2n) is 32.9. The Morgan fingerprint density at radius 1 is 0.235 bits per heavy atom. The van der Waals surface area contributed by atoms with E-state index < -0.39 is 0 Å². The smallest absolute Gasteiger partial charge is 0.295 e. The van der Waals surface area contributed by atoms with Gasteiger partial charge in [0, 0.05) is 230 Å². The molecule has 0 saturated heterocycles. The number of carbonyl (C=O) groups excluding carboxylic acids is 6. The van der Waals surface area contributed by atoms with Crippen molar-refractivity contribution in [3.63, 3.8) is 0 Å². The van der Waals surface area contributed by atoms with Crippen molar-refractivity contribution in [2.24, 2.45) is 0 Å². The Morgan fingerprint density at radius 2 is 0.583 bits per heavy atom. The van der Waals surface area contributed by atoms with E-state index in [1.165, 1.54) is 134 Å². The van der Waals surface area contributed by atoms with Gasteiger partial charge >= 0.3 is 0 Å². The van der Waals surface area contributed by atoms with Gasteiger partial charge in [0.05, 0.1) is 0 Å². The van der Waals surface area contributed by atoms with Crippen LogP contribution in [-0.2, 0) is 292 Å². The van der Waals surface area contributed by atoms with Gasteiger partial charge in [-0.05, 0) is 276 Å². The number of nitrogens with zero attached hydrogens (tertiary/aromatic N) is 6. The fourth-order valence-corrected chi connectivity index (χ4v) is 18.3. The largest absolute Gasteiger partial charge is 0.445 e.